The summed E-state index contributed by atoms with van der Waals surface area (Å²) in [6.45, 7) is 4.61. The molecule has 0 spiro atoms. The Morgan fingerprint density at radius 3 is 2.21 bits per heavy atom. The SMILES string of the molecule is CCCCCCC(CCCCC)CCc1cccs1. The van der Waals surface area contributed by atoms with E-state index in [2.05, 4.69) is 31.4 Å². The van der Waals surface area contributed by atoms with Crippen molar-refractivity contribution < 1.29 is 0 Å². The average molecular weight is 281 g/mol. The third kappa shape index (κ3) is 8.47. The van der Waals surface area contributed by atoms with Gasteiger partial charge < -0.3 is 0 Å². The zero-order valence-corrected chi connectivity index (χ0v) is 13.8. The number of hydrogen-bond donors (Lipinski definition) is 0. The molecule has 0 radical (unpaired) electrons. The molecular formula is C18H32S. The smallest absolute Gasteiger partial charge is 0.00453 e. The molecule has 0 aliphatic heterocycles. The van der Waals surface area contributed by atoms with Gasteiger partial charge in [-0.3, -0.25) is 0 Å². The van der Waals surface area contributed by atoms with Crippen LogP contribution < -0.4 is 0 Å². The highest BCUT2D eigenvalue weighted by Crippen LogP contribution is 2.24. The maximum atomic E-state index is 2.31. The van der Waals surface area contributed by atoms with Crippen molar-refractivity contribution in [1.82, 2.24) is 0 Å². The van der Waals surface area contributed by atoms with Gasteiger partial charge in [-0.25, -0.2) is 0 Å². The molecule has 1 unspecified atom stereocenters. The Kier molecular flexibility index (Phi) is 10.2. The van der Waals surface area contributed by atoms with E-state index in [-0.39, 0.29) is 0 Å². The number of thiophene rings is 1. The zero-order chi connectivity index (χ0) is 13.8. The molecule has 0 saturated carbocycles. The molecule has 0 nitrogen and oxygen atoms in total. The number of hydrogen-bond acceptors (Lipinski definition) is 1. The molecule has 1 heteroatoms. The van der Waals surface area contributed by atoms with Crippen LogP contribution in [0.2, 0.25) is 0 Å². The first kappa shape index (κ1) is 16.8. The monoisotopic (exact) mass is 280 g/mol. The minimum atomic E-state index is 0.977. The fourth-order valence-corrected chi connectivity index (χ4v) is 3.50. The van der Waals surface area contributed by atoms with Crippen molar-refractivity contribution in [2.75, 3.05) is 0 Å². The van der Waals surface area contributed by atoms with E-state index in [1.165, 1.54) is 70.6 Å². The third-order valence-corrected chi connectivity index (χ3v) is 5.00. The van der Waals surface area contributed by atoms with Crippen molar-refractivity contribution in [3.63, 3.8) is 0 Å². The Morgan fingerprint density at radius 1 is 0.895 bits per heavy atom. The van der Waals surface area contributed by atoms with E-state index in [0.717, 1.165) is 5.92 Å². The van der Waals surface area contributed by atoms with Crippen molar-refractivity contribution in [3.8, 4) is 0 Å². The lowest BCUT2D eigenvalue weighted by Crippen LogP contribution is -2.02. The molecule has 1 aromatic rings. The Balaban J connectivity index is 2.22. The van der Waals surface area contributed by atoms with Crippen LogP contribution in [0.3, 0.4) is 0 Å². The summed E-state index contributed by atoms with van der Waals surface area (Å²) in [6.07, 6.45) is 15.5. The fourth-order valence-electron chi connectivity index (χ4n) is 2.78. The molecule has 0 N–H and O–H groups in total. The Bertz CT molecular complexity index is 276. The molecule has 1 aromatic heterocycles. The fraction of sp³-hybridized carbons (Fsp3) is 0.778. The lowest BCUT2D eigenvalue weighted by molar-refractivity contribution is 0.385. The van der Waals surface area contributed by atoms with Gasteiger partial charge in [-0.05, 0) is 30.2 Å². The molecule has 0 saturated heterocycles. The summed E-state index contributed by atoms with van der Waals surface area (Å²) in [4.78, 5) is 1.58. The average Bonchev–Trinajstić information content (AvgIpc) is 2.93. The van der Waals surface area contributed by atoms with Crippen LogP contribution in [0.1, 0.15) is 82.9 Å². The highest BCUT2D eigenvalue weighted by atomic mass is 32.1. The van der Waals surface area contributed by atoms with E-state index >= 15 is 0 Å². The van der Waals surface area contributed by atoms with Crippen molar-refractivity contribution in [2.45, 2.75) is 84.5 Å². The van der Waals surface area contributed by atoms with Gasteiger partial charge in [-0.2, -0.15) is 0 Å². The molecule has 19 heavy (non-hydrogen) atoms. The topological polar surface area (TPSA) is 0 Å². The lowest BCUT2D eigenvalue weighted by Gasteiger charge is -2.16. The summed E-state index contributed by atoms with van der Waals surface area (Å²) in [7, 11) is 0. The Hall–Kier alpha value is -0.300. The Labute approximate surface area is 124 Å². The van der Waals surface area contributed by atoms with Crippen LogP contribution in [0.15, 0.2) is 17.5 Å². The van der Waals surface area contributed by atoms with Gasteiger partial charge in [0.25, 0.3) is 0 Å². The molecule has 0 fully saturated rings. The van der Waals surface area contributed by atoms with E-state index in [9.17, 15) is 0 Å². The summed E-state index contributed by atoms with van der Waals surface area (Å²) in [6, 6.07) is 4.48. The maximum absolute atomic E-state index is 2.31. The number of unbranched alkanes of at least 4 members (excludes halogenated alkanes) is 5. The normalized spacial score (nSPS) is 12.7. The first-order valence-electron chi connectivity index (χ1n) is 8.39. The van der Waals surface area contributed by atoms with Gasteiger partial charge in [0, 0.05) is 4.88 Å². The van der Waals surface area contributed by atoms with Gasteiger partial charge in [0.2, 0.25) is 0 Å². The quantitative estimate of drug-likeness (QED) is 0.367. The van der Waals surface area contributed by atoms with Crippen molar-refractivity contribution >= 4 is 11.3 Å². The molecule has 0 amide bonds. The van der Waals surface area contributed by atoms with Crippen LogP contribution in [0.5, 0.6) is 0 Å². The van der Waals surface area contributed by atoms with Gasteiger partial charge in [0.15, 0.2) is 0 Å². The second-order valence-electron chi connectivity index (χ2n) is 5.83. The largest absolute Gasteiger partial charge is 0.149 e. The van der Waals surface area contributed by atoms with Crippen LogP contribution in [-0.4, -0.2) is 0 Å². The van der Waals surface area contributed by atoms with Crippen LogP contribution in [0, 0.1) is 5.92 Å². The Morgan fingerprint density at radius 2 is 1.58 bits per heavy atom. The van der Waals surface area contributed by atoms with E-state index in [0.29, 0.717) is 0 Å². The summed E-state index contributed by atoms with van der Waals surface area (Å²) in [5.74, 6) is 0.977. The van der Waals surface area contributed by atoms with E-state index < -0.39 is 0 Å². The molecular weight excluding hydrogens is 248 g/mol. The second kappa shape index (κ2) is 11.5. The molecule has 110 valence electrons. The van der Waals surface area contributed by atoms with Crippen molar-refractivity contribution in [1.29, 1.82) is 0 Å². The molecule has 0 aromatic carbocycles. The summed E-state index contributed by atoms with van der Waals surface area (Å²) in [5, 5.41) is 2.21. The maximum Gasteiger partial charge on any atom is 0.00453 e. The van der Waals surface area contributed by atoms with E-state index in [4.69, 9.17) is 0 Å². The molecule has 0 aliphatic carbocycles. The highest BCUT2D eigenvalue weighted by Gasteiger charge is 2.09. The van der Waals surface area contributed by atoms with Gasteiger partial charge in [0.1, 0.15) is 0 Å². The first-order valence-corrected chi connectivity index (χ1v) is 9.27. The van der Waals surface area contributed by atoms with Gasteiger partial charge in [-0.1, -0.05) is 77.7 Å². The highest BCUT2D eigenvalue weighted by molar-refractivity contribution is 7.09. The lowest BCUT2D eigenvalue weighted by atomic mass is 9.90. The molecule has 0 bridgehead atoms. The first-order chi connectivity index (χ1) is 9.36. The van der Waals surface area contributed by atoms with E-state index in [1.807, 2.05) is 11.3 Å². The second-order valence-corrected chi connectivity index (χ2v) is 6.86. The minimum absolute atomic E-state index is 0.977. The molecule has 1 atom stereocenters. The van der Waals surface area contributed by atoms with E-state index in [1.54, 1.807) is 4.88 Å². The van der Waals surface area contributed by atoms with Gasteiger partial charge >= 0.3 is 0 Å². The van der Waals surface area contributed by atoms with Crippen LogP contribution in [-0.2, 0) is 6.42 Å². The van der Waals surface area contributed by atoms with Crippen LogP contribution in [0.4, 0.5) is 0 Å². The van der Waals surface area contributed by atoms with Crippen molar-refractivity contribution in [3.05, 3.63) is 22.4 Å². The molecule has 0 aliphatic rings. The number of rotatable bonds is 12. The zero-order valence-electron chi connectivity index (χ0n) is 13.0. The van der Waals surface area contributed by atoms with Crippen LogP contribution >= 0.6 is 11.3 Å². The van der Waals surface area contributed by atoms with Gasteiger partial charge in [0.05, 0.1) is 0 Å². The third-order valence-electron chi connectivity index (χ3n) is 4.06. The van der Waals surface area contributed by atoms with Gasteiger partial charge in [-0.15, -0.1) is 11.3 Å². The summed E-state index contributed by atoms with van der Waals surface area (Å²) < 4.78 is 0. The molecule has 1 rings (SSSR count). The number of aryl methyl sites for hydroxylation is 1. The predicted molar refractivity (Wildman–Crippen MR) is 89.0 cm³/mol. The minimum Gasteiger partial charge on any atom is -0.149 e. The summed E-state index contributed by atoms with van der Waals surface area (Å²) in [5.41, 5.74) is 0. The predicted octanol–water partition coefficient (Wildman–Crippen LogP) is 6.85. The molecule has 1 heterocycles. The van der Waals surface area contributed by atoms with Crippen LogP contribution in [0.25, 0.3) is 0 Å². The van der Waals surface area contributed by atoms with Crippen molar-refractivity contribution in [2.24, 2.45) is 5.92 Å². The summed E-state index contributed by atoms with van der Waals surface area (Å²) >= 11 is 1.93. The standard InChI is InChI=1S/C18H32S/c1-3-5-7-9-12-17(11-8-6-4-2)14-15-18-13-10-16-19-18/h10,13,16-17H,3-9,11-12,14-15H2,1-2H3.